The molecule has 0 saturated heterocycles. The monoisotopic (exact) mass is 363 g/mol. The molecule has 1 aromatic carbocycles. The van der Waals surface area contributed by atoms with Crippen molar-refractivity contribution in [2.75, 3.05) is 23.9 Å². The van der Waals surface area contributed by atoms with Gasteiger partial charge >= 0.3 is 6.18 Å². The topological polar surface area (TPSA) is 46.9 Å². The average Bonchev–Trinajstić information content (AvgIpc) is 2.51. The van der Waals surface area contributed by atoms with Crippen LogP contribution in [0.15, 0.2) is 35.3 Å². The van der Waals surface area contributed by atoms with Crippen LogP contribution in [0.2, 0.25) is 5.02 Å². The molecule has 0 saturated carbocycles. The zero-order valence-electron chi connectivity index (χ0n) is 12.0. The quantitative estimate of drug-likeness (QED) is 0.823. The minimum absolute atomic E-state index is 0.00221. The molecule has 0 spiro atoms. The van der Waals surface area contributed by atoms with E-state index in [4.69, 9.17) is 11.6 Å². The van der Waals surface area contributed by atoms with Gasteiger partial charge in [-0.1, -0.05) is 17.7 Å². The van der Waals surface area contributed by atoms with Crippen LogP contribution < -0.4 is 10.9 Å². The van der Waals surface area contributed by atoms with Crippen molar-refractivity contribution in [3.63, 3.8) is 0 Å². The summed E-state index contributed by atoms with van der Waals surface area (Å²) in [6, 6.07) is 4.35. The van der Waals surface area contributed by atoms with Gasteiger partial charge in [0.15, 0.2) is 0 Å². The highest BCUT2D eigenvalue weighted by Crippen LogP contribution is 2.30. The number of nitrogens with zero attached hydrogens (tertiary/aromatic N) is 2. The second-order valence-corrected chi connectivity index (χ2v) is 5.92. The molecule has 9 heteroatoms. The molecular weight excluding hydrogens is 351 g/mol. The van der Waals surface area contributed by atoms with E-state index in [0.29, 0.717) is 12.2 Å². The standard InChI is InChI=1S/C14H13ClF3N3OS/c1-23-6-5-19-11-8-20-21(13(22)12(11)15)10-4-2-3-9(7-10)14(16,17)18/h2-4,7-8,19H,5-6H2,1H3. The summed E-state index contributed by atoms with van der Waals surface area (Å²) in [5, 5.41) is 6.74. The van der Waals surface area contributed by atoms with Crippen LogP contribution in [-0.2, 0) is 6.18 Å². The molecule has 0 aliphatic heterocycles. The average molecular weight is 364 g/mol. The van der Waals surface area contributed by atoms with Crippen molar-refractivity contribution in [3.8, 4) is 5.69 Å². The maximum absolute atomic E-state index is 12.8. The maximum atomic E-state index is 12.8. The number of nitrogens with one attached hydrogen (secondary N) is 1. The third-order valence-corrected chi connectivity index (χ3v) is 3.94. The van der Waals surface area contributed by atoms with Crippen molar-refractivity contribution in [1.29, 1.82) is 0 Å². The van der Waals surface area contributed by atoms with Gasteiger partial charge < -0.3 is 5.32 Å². The lowest BCUT2D eigenvalue weighted by Crippen LogP contribution is -2.23. The van der Waals surface area contributed by atoms with Gasteiger partial charge in [-0.25, -0.2) is 0 Å². The van der Waals surface area contributed by atoms with E-state index in [1.54, 1.807) is 11.8 Å². The van der Waals surface area contributed by atoms with Gasteiger partial charge in [0, 0.05) is 12.3 Å². The van der Waals surface area contributed by atoms with E-state index >= 15 is 0 Å². The van der Waals surface area contributed by atoms with Crippen LogP contribution in [0.4, 0.5) is 18.9 Å². The molecule has 2 rings (SSSR count). The fourth-order valence-electron chi connectivity index (χ4n) is 1.84. The Bertz CT molecular complexity index is 749. The second kappa shape index (κ2) is 7.27. The fourth-order valence-corrected chi connectivity index (χ4v) is 2.34. The highest BCUT2D eigenvalue weighted by molar-refractivity contribution is 7.98. The molecule has 0 bridgehead atoms. The zero-order valence-corrected chi connectivity index (χ0v) is 13.6. The predicted octanol–water partition coefficient (Wildman–Crippen LogP) is 3.68. The summed E-state index contributed by atoms with van der Waals surface area (Å²) in [6.45, 7) is 0.593. The van der Waals surface area contributed by atoms with Crippen molar-refractivity contribution >= 4 is 29.1 Å². The Balaban J connectivity index is 2.38. The van der Waals surface area contributed by atoms with Crippen molar-refractivity contribution in [2.45, 2.75) is 6.18 Å². The lowest BCUT2D eigenvalue weighted by Gasteiger charge is -2.12. The van der Waals surface area contributed by atoms with Crippen LogP contribution >= 0.6 is 23.4 Å². The molecule has 0 amide bonds. The van der Waals surface area contributed by atoms with Crippen LogP contribution in [0.3, 0.4) is 0 Å². The van der Waals surface area contributed by atoms with E-state index in [9.17, 15) is 18.0 Å². The number of benzene rings is 1. The maximum Gasteiger partial charge on any atom is 0.416 e. The SMILES string of the molecule is CSCCNc1cnn(-c2cccc(C(F)(F)F)c2)c(=O)c1Cl. The van der Waals surface area contributed by atoms with Gasteiger partial charge in [0.1, 0.15) is 5.02 Å². The summed E-state index contributed by atoms with van der Waals surface area (Å²) in [4.78, 5) is 12.2. The molecule has 4 nitrogen and oxygen atoms in total. The Morgan fingerprint density at radius 1 is 1.39 bits per heavy atom. The van der Waals surface area contributed by atoms with E-state index in [-0.39, 0.29) is 10.7 Å². The van der Waals surface area contributed by atoms with Gasteiger partial charge in [-0.3, -0.25) is 4.79 Å². The lowest BCUT2D eigenvalue weighted by atomic mass is 10.2. The van der Waals surface area contributed by atoms with Gasteiger partial charge in [-0.2, -0.15) is 34.7 Å². The predicted molar refractivity (Wildman–Crippen MR) is 86.7 cm³/mol. The molecule has 0 unspecified atom stereocenters. The molecular formula is C14H13ClF3N3OS. The molecule has 1 N–H and O–H groups in total. The number of hydrogen-bond acceptors (Lipinski definition) is 4. The molecule has 2 aromatic rings. The van der Waals surface area contributed by atoms with Crippen LogP contribution in [-0.4, -0.2) is 28.3 Å². The van der Waals surface area contributed by atoms with E-state index in [0.717, 1.165) is 22.6 Å². The van der Waals surface area contributed by atoms with Crippen LogP contribution in [0, 0.1) is 0 Å². The summed E-state index contributed by atoms with van der Waals surface area (Å²) in [5.74, 6) is 0.813. The molecule has 0 radical (unpaired) electrons. The van der Waals surface area contributed by atoms with Crippen LogP contribution in [0.1, 0.15) is 5.56 Å². The fraction of sp³-hybridized carbons (Fsp3) is 0.286. The summed E-state index contributed by atoms with van der Waals surface area (Å²) in [7, 11) is 0. The van der Waals surface area contributed by atoms with Crippen molar-refractivity contribution in [3.05, 3.63) is 51.4 Å². The van der Waals surface area contributed by atoms with Gasteiger partial charge in [-0.15, -0.1) is 0 Å². The van der Waals surface area contributed by atoms with Crippen molar-refractivity contribution in [2.24, 2.45) is 0 Å². The minimum atomic E-state index is -4.50. The van der Waals surface area contributed by atoms with Gasteiger partial charge in [0.25, 0.3) is 5.56 Å². The highest BCUT2D eigenvalue weighted by Gasteiger charge is 2.30. The number of rotatable bonds is 5. The first-order valence-electron chi connectivity index (χ1n) is 6.53. The Morgan fingerprint density at radius 2 is 2.13 bits per heavy atom. The van der Waals surface area contributed by atoms with Gasteiger partial charge in [-0.05, 0) is 24.5 Å². The molecule has 124 valence electrons. The lowest BCUT2D eigenvalue weighted by molar-refractivity contribution is -0.137. The molecule has 0 aliphatic rings. The summed E-state index contributed by atoms with van der Waals surface area (Å²) >= 11 is 7.61. The van der Waals surface area contributed by atoms with Crippen molar-refractivity contribution < 1.29 is 13.2 Å². The van der Waals surface area contributed by atoms with E-state index in [1.165, 1.54) is 18.3 Å². The van der Waals surface area contributed by atoms with Crippen LogP contribution in [0.5, 0.6) is 0 Å². The Hall–Kier alpha value is -1.67. The summed E-state index contributed by atoms with van der Waals surface area (Å²) in [6.07, 6.45) is -1.24. The van der Waals surface area contributed by atoms with Crippen molar-refractivity contribution in [1.82, 2.24) is 9.78 Å². The highest BCUT2D eigenvalue weighted by atomic mass is 35.5. The largest absolute Gasteiger partial charge is 0.416 e. The molecule has 23 heavy (non-hydrogen) atoms. The minimum Gasteiger partial charge on any atom is -0.382 e. The third-order valence-electron chi connectivity index (χ3n) is 2.96. The first-order chi connectivity index (χ1) is 10.8. The molecule has 1 aromatic heterocycles. The molecule has 0 fully saturated rings. The van der Waals surface area contributed by atoms with Gasteiger partial charge in [0.05, 0.1) is 23.1 Å². The zero-order chi connectivity index (χ0) is 17.0. The third kappa shape index (κ3) is 4.20. The normalized spacial score (nSPS) is 11.5. The van der Waals surface area contributed by atoms with E-state index in [2.05, 4.69) is 10.4 Å². The number of aromatic nitrogens is 2. The number of anilines is 1. The number of halogens is 4. The molecule has 0 aliphatic carbocycles. The number of thioether (sulfide) groups is 1. The Kier molecular flexibility index (Phi) is 5.59. The first kappa shape index (κ1) is 17.7. The van der Waals surface area contributed by atoms with E-state index in [1.807, 2.05) is 6.26 Å². The van der Waals surface area contributed by atoms with Crippen LogP contribution in [0.25, 0.3) is 5.69 Å². The summed E-state index contributed by atoms with van der Waals surface area (Å²) < 4.78 is 39.1. The van der Waals surface area contributed by atoms with Gasteiger partial charge in [0.2, 0.25) is 0 Å². The Labute approximate surface area is 139 Å². The molecule has 0 atom stereocenters. The Morgan fingerprint density at radius 3 is 2.78 bits per heavy atom. The summed E-state index contributed by atoms with van der Waals surface area (Å²) in [5.41, 5.74) is -1.18. The molecule has 1 heterocycles. The number of alkyl halides is 3. The first-order valence-corrected chi connectivity index (χ1v) is 8.30. The van der Waals surface area contributed by atoms with E-state index < -0.39 is 17.3 Å². The second-order valence-electron chi connectivity index (χ2n) is 4.56. The number of hydrogen-bond donors (Lipinski definition) is 1. The smallest absolute Gasteiger partial charge is 0.382 e.